The van der Waals surface area contributed by atoms with Gasteiger partial charge in [0.2, 0.25) is 0 Å². The summed E-state index contributed by atoms with van der Waals surface area (Å²) in [6.45, 7) is 2.05. The minimum Gasteiger partial charge on any atom is -0.271 e. The normalized spacial score (nSPS) is 12.4. The molecule has 1 unspecified atom stereocenters. The van der Waals surface area contributed by atoms with Crippen molar-refractivity contribution in [2.75, 3.05) is 0 Å². The van der Waals surface area contributed by atoms with Crippen LogP contribution in [0.25, 0.3) is 0 Å². The molecule has 0 saturated heterocycles. The molecule has 0 radical (unpaired) electrons. The van der Waals surface area contributed by atoms with E-state index in [9.17, 15) is 13.2 Å². The molecule has 0 aliphatic rings. The molecule has 0 aliphatic carbocycles. The minimum absolute atomic E-state index is 0.285. The number of benzene rings is 2. The molecule has 0 amide bonds. The van der Waals surface area contributed by atoms with Crippen LogP contribution in [0, 0.1) is 17.5 Å². The lowest BCUT2D eigenvalue weighted by molar-refractivity contribution is 0.491. The van der Waals surface area contributed by atoms with Crippen molar-refractivity contribution in [2.45, 2.75) is 25.8 Å². The van der Waals surface area contributed by atoms with Gasteiger partial charge in [-0.1, -0.05) is 37.6 Å². The van der Waals surface area contributed by atoms with E-state index in [-0.39, 0.29) is 5.56 Å². The van der Waals surface area contributed by atoms with Gasteiger partial charge in [-0.2, -0.15) is 0 Å². The van der Waals surface area contributed by atoms with Crippen LogP contribution in [0.15, 0.2) is 36.4 Å². The Morgan fingerprint density at radius 3 is 2.33 bits per heavy atom. The lowest BCUT2D eigenvalue weighted by atomic mass is 9.95. The van der Waals surface area contributed by atoms with Crippen LogP contribution in [0.3, 0.4) is 0 Å². The van der Waals surface area contributed by atoms with Gasteiger partial charge in [0.15, 0.2) is 0 Å². The Morgan fingerprint density at radius 1 is 1.10 bits per heavy atom. The average molecular weight is 294 g/mol. The maximum atomic E-state index is 13.9. The Kier molecular flexibility index (Phi) is 4.98. The zero-order chi connectivity index (χ0) is 15.4. The van der Waals surface area contributed by atoms with Crippen molar-refractivity contribution in [1.29, 1.82) is 0 Å². The second kappa shape index (κ2) is 6.74. The molecule has 5 heteroatoms. The maximum absolute atomic E-state index is 13.9. The summed E-state index contributed by atoms with van der Waals surface area (Å²) < 4.78 is 40.8. The van der Waals surface area contributed by atoms with Crippen molar-refractivity contribution in [3.8, 4) is 0 Å². The highest BCUT2D eigenvalue weighted by Gasteiger charge is 2.22. The summed E-state index contributed by atoms with van der Waals surface area (Å²) in [5.74, 6) is 2.58. The van der Waals surface area contributed by atoms with Crippen molar-refractivity contribution in [2.24, 2.45) is 5.84 Å². The number of hydrazine groups is 1. The molecule has 2 aromatic rings. The number of hydrogen-bond acceptors (Lipinski definition) is 2. The average Bonchev–Trinajstić information content (AvgIpc) is 2.43. The van der Waals surface area contributed by atoms with E-state index in [0.717, 1.165) is 18.4 Å². The molecule has 3 N–H and O–H groups in total. The van der Waals surface area contributed by atoms with Crippen molar-refractivity contribution in [3.05, 3.63) is 70.5 Å². The van der Waals surface area contributed by atoms with Gasteiger partial charge < -0.3 is 0 Å². The first-order valence-corrected chi connectivity index (χ1v) is 6.76. The van der Waals surface area contributed by atoms with Gasteiger partial charge in [-0.25, -0.2) is 18.6 Å². The number of halogens is 3. The smallest absolute Gasteiger partial charge is 0.134 e. The van der Waals surface area contributed by atoms with Crippen LogP contribution in [0.5, 0.6) is 0 Å². The highest BCUT2D eigenvalue weighted by Crippen LogP contribution is 2.27. The third-order valence-corrected chi connectivity index (χ3v) is 3.32. The van der Waals surface area contributed by atoms with Crippen molar-refractivity contribution in [3.63, 3.8) is 0 Å². The van der Waals surface area contributed by atoms with Crippen molar-refractivity contribution >= 4 is 0 Å². The fourth-order valence-corrected chi connectivity index (χ4v) is 2.39. The molecule has 0 aliphatic heterocycles. The fraction of sp³-hybridized carbons (Fsp3) is 0.250. The summed E-state index contributed by atoms with van der Waals surface area (Å²) >= 11 is 0. The Hall–Kier alpha value is -1.85. The Balaban J connectivity index is 2.47. The SMILES string of the molecule is CCCc1cccc(C(NN)c2c(F)cc(F)cc2F)c1. The molecule has 2 nitrogen and oxygen atoms in total. The Morgan fingerprint density at radius 2 is 1.76 bits per heavy atom. The topological polar surface area (TPSA) is 38.0 Å². The predicted octanol–water partition coefficient (Wildman–Crippen LogP) is 3.61. The van der Waals surface area contributed by atoms with Crippen molar-refractivity contribution in [1.82, 2.24) is 5.43 Å². The number of aryl methyl sites for hydroxylation is 1. The van der Waals surface area contributed by atoms with Gasteiger partial charge >= 0.3 is 0 Å². The number of hydrogen-bond donors (Lipinski definition) is 2. The highest BCUT2D eigenvalue weighted by molar-refractivity contribution is 5.36. The molecule has 0 spiro atoms. The quantitative estimate of drug-likeness (QED) is 0.653. The van der Waals surface area contributed by atoms with Gasteiger partial charge in [-0.3, -0.25) is 5.84 Å². The van der Waals surface area contributed by atoms with E-state index >= 15 is 0 Å². The summed E-state index contributed by atoms with van der Waals surface area (Å²) in [7, 11) is 0. The lowest BCUT2D eigenvalue weighted by Crippen LogP contribution is -2.30. The third-order valence-electron chi connectivity index (χ3n) is 3.32. The molecule has 0 aromatic heterocycles. The molecule has 0 saturated carbocycles. The summed E-state index contributed by atoms with van der Waals surface area (Å²) in [4.78, 5) is 0. The van der Waals surface area contributed by atoms with Crippen LogP contribution < -0.4 is 11.3 Å². The van der Waals surface area contributed by atoms with E-state index in [4.69, 9.17) is 5.84 Å². The number of nitrogens with one attached hydrogen (secondary N) is 1. The first-order valence-electron chi connectivity index (χ1n) is 6.76. The monoisotopic (exact) mass is 294 g/mol. The van der Waals surface area contributed by atoms with E-state index in [2.05, 4.69) is 5.43 Å². The largest absolute Gasteiger partial charge is 0.271 e. The van der Waals surface area contributed by atoms with Crippen LogP contribution in [0.4, 0.5) is 13.2 Å². The molecule has 0 fully saturated rings. The summed E-state index contributed by atoms with van der Waals surface area (Å²) in [5, 5.41) is 0. The molecular formula is C16H17F3N2. The minimum atomic E-state index is -0.962. The second-order valence-electron chi connectivity index (χ2n) is 4.88. The first kappa shape index (κ1) is 15.5. The van der Waals surface area contributed by atoms with E-state index in [1.807, 2.05) is 25.1 Å². The van der Waals surface area contributed by atoms with E-state index in [1.165, 1.54) is 0 Å². The zero-order valence-electron chi connectivity index (χ0n) is 11.7. The lowest BCUT2D eigenvalue weighted by Gasteiger charge is -2.19. The summed E-state index contributed by atoms with van der Waals surface area (Å²) in [6.07, 6.45) is 1.82. The molecule has 0 heterocycles. The highest BCUT2D eigenvalue weighted by atomic mass is 19.1. The van der Waals surface area contributed by atoms with E-state index in [1.54, 1.807) is 6.07 Å². The molecule has 2 rings (SSSR count). The van der Waals surface area contributed by atoms with Crippen LogP contribution in [0.1, 0.15) is 36.1 Å². The van der Waals surface area contributed by atoms with Gasteiger partial charge in [-0.15, -0.1) is 0 Å². The second-order valence-corrected chi connectivity index (χ2v) is 4.88. The third kappa shape index (κ3) is 3.43. The van der Waals surface area contributed by atoms with Crippen LogP contribution in [-0.4, -0.2) is 0 Å². The van der Waals surface area contributed by atoms with Crippen LogP contribution in [-0.2, 0) is 6.42 Å². The Labute approximate surface area is 121 Å². The van der Waals surface area contributed by atoms with E-state index < -0.39 is 23.5 Å². The summed E-state index contributed by atoms with van der Waals surface area (Å²) in [6, 6.07) is 7.75. The fourth-order valence-electron chi connectivity index (χ4n) is 2.39. The zero-order valence-corrected chi connectivity index (χ0v) is 11.7. The molecule has 112 valence electrons. The van der Waals surface area contributed by atoms with Gasteiger partial charge in [0.05, 0.1) is 6.04 Å². The van der Waals surface area contributed by atoms with Crippen molar-refractivity contribution < 1.29 is 13.2 Å². The standard InChI is InChI=1S/C16H17F3N2/c1-2-4-10-5-3-6-11(7-10)16(21-20)15-13(18)8-12(17)9-14(15)19/h3,5-9,16,21H,2,4,20H2,1H3. The first-order chi connectivity index (χ1) is 10.1. The Bertz CT molecular complexity index is 606. The number of rotatable bonds is 5. The predicted molar refractivity (Wildman–Crippen MR) is 75.9 cm³/mol. The van der Waals surface area contributed by atoms with Gasteiger partial charge in [0.1, 0.15) is 17.5 Å². The van der Waals surface area contributed by atoms with Gasteiger partial charge in [0, 0.05) is 17.7 Å². The van der Waals surface area contributed by atoms with Gasteiger partial charge in [0.25, 0.3) is 0 Å². The molecule has 21 heavy (non-hydrogen) atoms. The molecular weight excluding hydrogens is 277 g/mol. The number of nitrogens with two attached hydrogens (primary N) is 1. The van der Waals surface area contributed by atoms with Gasteiger partial charge in [-0.05, 0) is 17.5 Å². The molecule has 2 aromatic carbocycles. The van der Waals surface area contributed by atoms with Crippen LogP contribution in [0.2, 0.25) is 0 Å². The molecule has 1 atom stereocenters. The summed E-state index contributed by atoms with van der Waals surface area (Å²) in [5.41, 5.74) is 3.80. The molecule has 0 bridgehead atoms. The van der Waals surface area contributed by atoms with Crippen LogP contribution >= 0.6 is 0 Å². The maximum Gasteiger partial charge on any atom is 0.134 e. The van der Waals surface area contributed by atoms with E-state index in [0.29, 0.717) is 17.7 Å².